The average Bonchev–Trinajstić information content (AvgIpc) is 2.62. The van der Waals surface area contributed by atoms with Gasteiger partial charge in [-0.1, -0.05) is 38.1 Å². The fourth-order valence-corrected chi connectivity index (χ4v) is 2.48. The summed E-state index contributed by atoms with van der Waals surface area (Å²) in [5.41, 5.74) is 2.73. The van der Waals surface area contributed by atoms with E-state index in [1.165, 1.54) is 12.2 Å². The van der Waals surface area contributed by atoms with Crippen LogP contribution in [0.1, 0.15) is 36.8 Å². The quantitative estimate of drug-likeness (QED) is 0.594. The highest BCUT2D eigenvalue weighted by Crippen LogP contribution is 2.28. The van der Waals surface area contributed by atoms with E-state index in [-0.39, 0.29) is 17.6 Å². The molecule has 0 N–H and O–H groups in total. The Kier molecular flexibility index (Phi) is 5.69. The highest BCUT2D eigenvalue weighted by molar-refractivity contribution is 5.91. The van der Waals surface area contributed by atoms with Crippen LogP contribution in [-0.4, -0.2) is 17.9 Å². The van der Waals surface area contributed by atoms with Crippen LogP contribution >= 0.6 is 0 Å². The van der Waals surface area contributed by atoms with Gasteiger partial charge in [-0.05, 0) is 35.4 Å². The van der Waals surface area contributed by atoms with E-state index in [1.807, 2.05) is 13.8 Å². The number of nitrogens with zero attached hydrogens (tertiary/aromatic N) is 2. The predicted molar refractivity (Wildman–Crippen MR) is 90.3 cm³/mol. The molecule has 24 heavy (non-hydrogen) atoms. The topological polar surface area (TPSA) is 75.9 Å². The minimum atomic E-state index is -0.290. The van der Waals surface area contributed by atoms with E-state index in [4.69, 9.17) is 0 Å². The van der Waals surface area contributed by atoms with E-state index in [2.05, 4.69) is 9.98 Å². The van der Waals surface area contributed by atoms with Crippen LogP contribution in [0.5, 0.6) is 0 Å². The Bertz CT molecular complexity index is 743. The molecule has 2 atom stereocenters. The fraction of sp³-hybridized carbons (Fsp3) is 0.211. The molecule has 0 spiro atoms. The number of Topliss-reactive ketones (excluding diaryl/α,β-unsaturated/α-hetero) is 1. The maximum absolute atomic E-state index is 12.7. The van der Waals surface area contributed by atoms with Crippen molar-refractivity contribution in [2.45, 2.75) is 25.7 Å². The molecule has 2 aromatic rings. The van der Waals surface area contributed by atoms with Gasteiger partial charge in [-0.3, -0.25) is 4.79 Å². The largest absolute Gasteiger partial charge is 0.298 e. The first-order valence-corrected chi connectivity index (χ1v) is 7.46. The first-order chi connectivity index (χ1) is 11.6. The zero-order valence-corrected chi connectivity index (χ0v) is 13.4. The number of rotatable bonds is 6. The lowest BCUT2D eigenvalue weighted by Crippen LogP contribution is -2.16. The predicted octanol–water partition coefficient (Wildman–Crippen LogP) is 4.10. The Labute approximate surface area is 139 Å². The molecule has 0 saturated carbocycles. The molecule has 0 amide bonds. The Morgan fingerprint density at radius 3 is 1.38 bits per heavy atom. The van der Waals surface area contributed by atoms with Crippen LogP contribution in [0.2, 0.25) is 0 Å². The third kappa shape index (κ3) is 3.99. The third-order valence-corrected chi connectivity index (χ3v) is 3.99. The summed E-state index contributed by atoms with van der Waals surface area (Å²) in [4.78, 5) is 40.2. The summed E-state index contributed by atoms with van der Waals surface area (Å²) in [5, 5.41) is 0. The number of aliphatic imine (C=N–C) groups is 2. The molecule has 0 saturated heterocycles. The van der Waals surface area contributed by atoms with Crippen molar-refractivity contribution in [3.05, 3.63) is 59.7 Å². The first-order valence-electron chi connectivity index (χ1n) is 7.46. The number of carbonyl (C=O) groups excluding carboxylic acids is 3. The Morgan fingerprint density at radius 2 is 1.08 bits per heavy atom. The molecule has 120 valence electrons. The summed E-state index contributed by atoms with van der Waals surface area (Å²) in [7, 11) is 0. The van der Waals surface area contributed by atoms with Crippen LogP contribution in [0.4, 0.5) is 11.4 Å². The Hall–Kier alpha value is -3.13. The fourth-order valence-electron chi connectivity index (χ4n) is 2.48. The lowest BCUT2D eigenvalue weighted by atomic mass is 9.86. The summed E-state index contributed by atoms with van der Waals surface area (Å²) >= 11 is 0. The van der Waals surface area contributed by atoms with Crippen LogP contribution in [0.3, 0.4) is 0 Å². The molecule has 2 aromatic carbocycles. The molecule has 2 unspecified atom stereocenters. The zero-order chi connectivity index (χ0) is 17.5. The van der Waals surface area contributed by atoms with Gasteiger partial charge in [0, 0.05) is 11.8 Å². The van der Waals surface area contributed by atoms with Gasteiger partial charge < -0.3 is 0 Å². The minimum Gasteiger partial charge on any atom is -0.298 e. The van der Waals surface area contributed by atoms with Crippen LogP contribution in [0.15, 0.2) is 58.5 Å². The Morgan fingerprint density at radius 1 is 0.750 bits per heavy atom. The molecule has 0 aliphatic rings. The molecule has 0 aliphatic carbocycles. The summed E-state index contributed by atoms with van der Waals surface area (Å²) < 4.78 is 0. The van der Waals surface area contributed by atoms with Crippen LogP contribution in [0.25, 0.3) is 0 Å². The zero-order valence-electron chi connectivity index (χ0n) is 13.4. The maximum atomic E-state index is 12.7. The van der Waals surface area contributed by atoms with Crippen molar-refractivity contribution in [1.29, 1.82) is 0 Å². The monoisotopic (exact) mass is 320 g/mol. The van der Waals surface area contributed by atoms with Crippen molar-refractivity contribution >= 4 is 29.3 Å². The normalized spacial score (nSPS) is 12.4. The molecule has 0 aromatic heterocycles. The maximum Gasteiger partial charge on any atom is 0.240 e. The van der Waals surface area contributed by atoms with Gasteiger partial charge in [0.2, 0.25) is 12.2 Å². The number of ketones is 1. The van der Waals surface area contributed by atoms with Crippen molar-refractivity contribution in [3.63, 3.8) is 0 Å². The smallest absolute Gasteiger partial charge is 0.240 e. The average molecular weight is 320 g/mol. The van der Waals surface area contributed by atoms with Crippen LogP contribution in [-0.2, 0) is 14.4 Å². The SMILES string of the molecule is CC(C(=O)C(C)c1ccc(N=C=O)cc1)c1ccc(N=C=O)cc1. The van der Waals surface area contributed by atoms with Crippen molar-refractivity contribution in [2.24, 2.45) is 9.98 Å². The molecule has 0 aliphatic heterocycles. The van der Waals surface area contributed by atoms with E-state index < -0.39 is 0 Å². The molecule has 0 radical (unpaired) electrons. The minimum absolute atomic E-state index is 0.0771. The first kappa shape index (κ1) is 17.2. The molecular weight excluding hydrogens is 304 g/mol. The number of isocyanates is 2. The second-order valence-corrected chi connectivity index (χ2v) is 5.43. The number of benzene rings is 2. The second kappa shape index (κ2) is 7.93. The van der Waals surface area contributed by atoms with Gasteiger partial charge in [-0.25, -0.2) is 9.59 Å². The van der Waals surface area contributed by atoms with Crippen molar-refractivity contribution in [2.75, 3.05) is 0 Å². The van der Waals surface area contributed by atoms with Crippen LogP contribution in [0, 0.1) is 0 Å². The molecule has 0 fully saturated rings. The highest BCUT2D eigenvalue weighted by Gasteiger charge is 2.22. The molecule has 0 bridgehead atoms. The summed E-state index contributed by atoms with van der Waals surface area (Å²) in [5.74, 6) is -0.503. The van der Waals surface area contributed by atoms with Gasteiger partial charge >= 0.3 is 0 Å². The van der Waals surface area contributed by atoms with Crippen molar-refractivity contribution < 1.29 is 14.4 Å². The molecule has 5 nitrogen and oxygen atoms in total. The molecular formula is C19H16N2O3. The van der Waals surface area contributed by atoms with Gasteiger partial charge in [0.05, 0.1) is 11.4 Å². The van der Waals surface area contributed by atoms with Gasteiger partial charge in [0.25, 0.3) is 0 Å². The molecule has 0 heterocycles. The lowest BCUT2D eigenvalue weighted by molar-refractivity contribution is -0.121. The summed E-state index contributed by atoms with van der Waals surface area (Å²) in [6.45, 7) is 3.70. The summed E-state index contributed by atoms with van der Waals surface area (Å²) in [6.07, 6.45) is 2.97. The lowest BCUT2D eigenvalue weighted by Gasteiger charge is -2.17. The van der Waals surface area contributed by atoms with Crippen molar-refractivity contribution in [1.82, 2.24) is 0 Å². The number of carbonyl (C=O) groups is 1. The van der Waals surface area contributed by atoms with E-state index in [0.717, 1.165) is 11.1 Å². The number of hydrogen-bond acceptors (Lipinski definition) is 5. The van der Waals surface area contributed by atoms with E-state index in [9.17, 15) is 14.4 Å². The van der Waals surface area contributed by atoms with Gasteiger partial charge in [0.15, 0.2) is 0 Å². The van der Waals surface area contributed by atoms with Gasteiger partial charge in [0.1, 0.15) is 5.78 Å². The van der Waals surface area contributed by atoms with Gasteiger partial charge in [-0.15, -0.1) is 0 Å². The van der Waals surface area contributed by atoms with E-state index >= 15 is 0 Å². The van der Waals surface area contributed by atoms with E-state index in [1.54, 1.807) is 48.5 Å². The van der Waals surface area contributed by atoms with Gasteiger partial charge in [-0.2, -0.15) is 9.98 Å². The summed E-state index contributed by atoms with van der Waals surface area (Å²) in [6, 6.07) is 13.9. The highest BCUT2D eigenvalue weighted by atomic mass is 16.1. The standard InChI is InChI=1S/C19H16N2O3/c1-13(15-3-7-17(8-4-15)20-11-22)19(24)14(2)16-5-9-18(10-6-16)21-12-23/h3-10,13-14H,1-2H3. The molecule has 5 heteroatoms. The van der Waals surface area contributed by atoms with E-state index in [0.29, 0.717) is 11.4 Å². The van der Waals surface area contributed by atoms with Crippen LogP contribution < -0.4 is 0 Å². The Balaban J connectivity index is 2.16. The molecule has 2 rings (SSSR count). The second-order valence-electron chi connectivity index (χ2n) is 5.43. The number of hydrogen-bond donors (Lipinski definition) is 0. The third-order valence-electron chi connectivity index (χ3n) is 3.99. The van der Waals surface area contributed by atoms with Crippen molar-refractivity contribution in [3.8, 4) is 0 Å².